The molecule has 0 aliphatic carbocycles. The number of hydrogen-bond acceptors (Lipinski definition) is 4. The molecule has 0 unspecified atom stereocenters. The van der Waals surface area contributed by atoms with Crippen molar-refractivity contribution in [3.8, 4) is 5.75 Å². The number of benzene rings is 2. The molecule has 0 aromatic heterocycles. The summed E-state index contributed by atoms with van der Waals surface area (Å²) in [5.41, 5.74) is 6.43. The molecule has 0 spiro atoms. The Bertz CT molecular complexity index is 674. The number of ether oxygens (including phenoxy) is 1. The highest BCUT2D eigenvalue weighted by atomic mass is 79.9. The fourth-order valence-electron chi connectivity index (χ4n) is 1.62. The normalized spacial score (nSPS) is 12.5. The Hall–Kier alpha value is -2.34. The number of carbonyl (C=O) groups is 1. The van der Waals surface area contributed by atoms with E-state index >= 15 is 0 Å². The third-order valence-electron chi connectivity index (χ3n) is 2.74. The first-order valence-corrected chi connectivity index (χ1v) is 7.37. The van der Waals surface area contributed by atoms with Crippen LogP contribution in [0.1, 0.15) is 12.5 Å². The lowest BCUT2D eigenvalue weighted by molar-refractivity contribution is -0.151. The fourth-order valence-corrected chi connectivity index (χ4v) is 2.02. The summed E-state index contributed by atoms with van der Waals surface area (Å²) in [6.07, 6.45) is -0.790. The van der Waals surface area contributed by atoms with Crippen LogP contribution in [0.4, 0.5) is 0 Å². The van der Waals surface area contributed by atoms with E-state index in [0.29, 0.717) is 11.3 Å². The summed E-state index contributed by atoms with van der Waals surface area (Å²) in [6.45, 7) is 1.58. The number of rotatable bonds is 5. The molecule has 1 atom stereocenters. The van der Waals surface area contributed by atoms with Gasteiger partial charge in [0.25, 0.3) is 0 Å². The third kappa shape index (κ3) is 4.60. The molecule has 5 nitrogen and oxygen atoms in total. The van der Waals surface area contributed by atoms with Gasteiger partial charge in [-0.1, -0.05) is 51.4 Å². The van der Waals surface area contributed by atoms with Crippen molar-refractivity contribution >= 4 is 27.7 Å². The van der Waals surface area contributed by atoms with Crippen molar-refractivity contribution in [2.75, 3.05) is 0 Å². The standard InChI is InChI=1S/C16H15BrN2O3/c1-11(21-14-8-3-2-4-9-14)16(20)22-19-15(18)12-6-5-7-13(17)10-12/h2-11H,1H3,(H2,18,19)/t11-/m1/s1. The van der Waals surface area contributed by atoms with E-state index in [4.69, 9.17) is 15.3 Å². The van der Waals surface area contributed by atoms with E-state index in [0.717, 1.165) is 4.47 Å². The number of para-hydroxylation sites is 1. The van der Waals surface area contributed by atoms with Gasteiger partial charge in [0.1, 0.15) is 5.75 Å². The molecule has 0 aliphatic rings. The lowest BCUT2D eigenvalue weighted by Crippen LogP contribution is -2.26. The highest BCUT2D eigenvalue weighted by Crippen LogP contribution is 2.13. The molecule has 0 heterocycles. The number of hydrogen-bond donors (Lipinski definition) is 1. The van der Waals surface area contributed by atoms with Crippen LogP contribution in [0.3, 0.4) is 0 Å². The van der Waals surface area contributed by atoms with Crippen molar-refractivity contribution in [2.45, 2.75) is 13.0 Å². The van der Waals surface area contributed by atoms with Crippen LogP contribution in [0.25, 0.3) is 0 Å². The van der Waals surface area contributed by atoms with E-state index < -0.39 is 12.1 Å². The average molecular weight is 363 g/mol. The van der Waals surface area contributed by atoms with Gasteiger partial charge >= 0.3 is 5.97 Å². The molecule has 0 aliphatic heterocycles. The molecular weight excluding hydrogens is 348 g/mol. The number of carbonyl (C=O) groups excluding carboxylic acids is 1. The van der Waals surface area contributed by atoms with Crippen molar-refractivity contribution in [2.24, 2.45) is 10.9 Å². The number of halogens is 1. The molecule has 22 heavy (non-hydrogen) atoms. The van der Waals surface area contributed by atoms with Gasteiger partial charge in [-0.15, -0.1) is 0 Å². The number of amidine groups is 1. The molecule has 0 amide bonds. The van der Waals surface area contributed by atoms with Crippen LogP contribution in [0.5, 0.6) is 5.75 Å². The summed E-state index contributed by atoms with van der Waals surface area (Å²) in [5.74, 6) is 0.0688. The summed E-state index contributed by atoms with van der Waals surface area (Å²) in [5, 5.41) is 3.64. The third-order valence-corrected chi connectivity index (χ3v) is 3.24. The summed E-state index contributed by atoms with van der Waals surface area (Å²) < 4.78 is 6.30. The maximum Gasteiger partial charge on any atom is 0.374 e. The predicted molar refractivity (Wildman–Crippen MR) is 87.5 cm³/mol. The van der Waals surface area contributed by atoms with Gasteiger partial charge in [-0.25, -0.2) is 4.79 Å². The van der Waals surface area contributed by atoms with Crippen LogP contribution < -0.4 is 10.5 Å². The Morgan fingerprint density at radius 1 is 1.18 bits per heavy atom. The monoisotopic (exact) mass is 362 g/mol. The second kappa shape index (κ2) is 7.61. The molecule has 2 aromatic rings. The van der Waals surface area contributed by atoms with Gasteiger partial charge < -0.3 is 15.3 Å². The van der Waals surface area contributed by atoms with Gasteiger partial charge in [-0.3, -0.25) is 0 Å². The smallest absolute Gasteiger partial charge is 0.374 e. The van der Waals surface area contributed by atoms with Gasteiger partial charge in [0.15, 0.2) is 11.9 Å². The van der Waals surface area contributed by atoms with Crippen molar-refractivity contribution in [3.63, 3.8) is 0 Å². The van der Waals surface area contributed by atoms with Crippen LogP contribution in [0, 0.1) is 0 Å². The maximum absolute atomic E-state index is 11.8. The Kier molecular flexibility index (Phi) is 5.55. The van der Waals surface area contributed by atoms with Gasteiger partial charge in [-0.05, 0) is 31.2 Å². The van der Waals surface area contributed by atoms with Gasteiger partial charge in [0.05, 0.1) is 0 Å². The molecule has 0 saturated heterocycles. The van der Waals surface area contributed by atoms with Crippen LogP contribution in [-0.2, 0) is 9.63 Å². The van der Waals surface area contributed by atoms with E-state index in [-0.39, 0.29) is 5.84 Å². The molecule has 2 rings (SSSR count). The Morgan fingerprint density at radius 2 is 1.91 bits per heavy atom. The second-order valence-corrected chi connectivity index (χ2v) is 5.39. The molecule has 114 valence electrons. The topological polar surface area (TPSA) is 73.9 Å². The first-order valence-electron chi connectivity index (χ1n) is 6.58. The predicted octanol–water partition coefficient (Wildman–Crippen LogP) is 3.08. The molecule has 0 radical (unpaired) electrons. The summed E-state index contributed by atoms with van der Waals surface area (Å²) in [7, 11) is 0. The zero-order chi connectivity index (χ0) is 15.9. The lowest BCUT2D eigenvalue weighted by atomic mass is 10.2. The highest BCUT2D eigenvalue weighted by molar-refractivity contribution is 9.10. The van der Waals surface area contributed by atoms with Crippen LogP contribution in [0.2, 0.25) is 0 Å². The van der Waals surface area contributed by atoms with E-state index in [1.807, 2.05) is 30.3 Å². The van der Waals surface area contributed by atoms with E-state index in [1.54, 1.807) is 31.2 Å². The fraction of sp³-hybridized carbons (Fsp3) is 0.125. The highest BCUT2D eigenvalue weighted by Gasteiger charge is 2.17. The Morgan fingerprint density at radius 3 is 2.59 bits per heavy atom. The van der Waals surface area contributed by atoms with E-state index in [1.165, 1.54) is 0 Å². The van der Waals surface area contributed by atoms with Crippen molar-refractivity contribution in [3.05, 3.63) is 64.6 Å². The van der Waals surface area contributed by atoms with Crippen molar-refractivity contribution in [1.29, 1.82) is 0 Å². The minimum atomic E-state index is -0.790. The largest absolute Gasteiger partial charge is 0.479 e. The minimum absolute atomic E-state index is 0.113. The van der Waals surface area contributed by atoms with Gasteiger partial charge in [0, 0.05) is 10.0 Å². The van der Waals surface area contributed by atoms with Crippen LogP contribution >= 0.6 is 15.9 Å². The molecule has 0 saturated carbocycles. The maximum atomic E-state index is 11.8. The number of nitrogens with zero attached hydrogens (tertiary/aromatic N) is 1. The zero-order valence-electron chi connectivity index (χ0n) is 11.9. The molecule has 6 heteroatoms. The van der Waals surface area contributed by atoms with Crippen molar-refractivity contribution < 1.29 is 14.4 Å². The van der Waals surface area contributed by atoms with Gasteiger partial charge in [-0.2, -0.15) is 0 Å². The number of oxime groups is 1. The second-order valence-electron chi connectivity index (χ2n) is 4.47. The summed E-state index contributed by atoms with van der Waals surface area (Å²) >= 11 is 3.33. The first-order chi connectivity index (χ1) is 10.6. The van der Waals surface area contributed by atoms with E-state index in [9.17, 15) is 4.79 Å². The van der Waals surface area contributed by atoms with Crippen LogP contribution in [0.15, 0.2) is 64.2 Å². The van der Waals surface area contributed by atoms with Crippen LogP contribution in [-0.4, -0.2) is 17.9 Å². The van der Waals surface area contributed by atoms with Gasteiger partial charge in [0.2, 0.25) is 0 Å². The first kappa shape index (κ1) is 16.0. The lowest BCUT2D eigenvalue weighted by Gasteiger charge is -2.11. The molecule has 0 fully saturated rings. The Labute approximate surface area is 136 Å². The van der Waals surface area contributed by atoms with E-state index in [2.05, 4.69) is 21.1 Å². The molecular formula is C16H15BrN2O3. The van der Waals surface area contributed by atoms with Crippen molar-refractivity contribution in [1.82, 2.24) is 0 Å². The summed E-state index contributed by atoms with van der Waals surface area (Å²) in [4.78, 5) is 16.6. The molecule has 2 aromatic carbocycles. The average Bonchev–Trinajstić information content (AvgIpc) is 2.53. The SMILES string of the molecule is C[C@@H](Oc1ccccc1)C(=O)O/N=C(/N)c1cccc(Br)c1. The summed E-state index contributed by atoms with van der Waals surface area (Å²) in [6, 6.07) is 16.2. The Balaban J connectivity index is 1.95. The minimum Gasteiger partial charge on any atom is -0.479 e. The number of nitrogens with two attached hydrogens (primary N) is 1. The molecule has 2 N–H and O–H groups in total. The molecule has 0 bridgehead atoms. The zero-order valence-corrected chi connectivity index (χ0v) is 13.5. The quantitative estimate of drug-likeness (QED) is 0.384.